The lowest BCUT2D eigenvalue weighted by Gasteiger charge is -2.21. The highest BCUT2D eigenvalue weighted by Gasteiger charge is 2.17. The normalized spacial score (nSPS) is 13.2. The maximum absolute atomic E-state index is 11.4. The number of amides is 1. The van der Waals surface area contributed by atoms with Crippen molar-refractivity contribution in [3.05, 3.63) is 0 Å². The number of hydrogen-bond acceptors (Lipinski definition) is 3. The van der Waals surface area contributed by atoms with E-state index in [9.17, 15) is 4.79 Å². The van der Waals surface area contributed by atoms with Gasteiger partial charge in [-0.1, -0.05) is 19.3 Å². The minimum absolute atomic E-state index is 0.138. The Morgan fingerprint density at radius 2 is 1.82 bits per heavy atom. The standard InChI is InChI=1S/C13H27NO3/c1-11(9-7-5-6-8-10-15)14-12(16)17-13(2,3)4/h11,15H,5-10H2,1-4H3,(H,14,16). The lowest BCUT2D eigenvalue weighted by atomic mass is 10.1. The number of aliphatic hydroxyl groups is 1. The molecule has 0 fully saturated rings. The highest BCUT2D eigenvalue weighted by Crippen LogP contribution is 2.09. The van der Waals surface area contributed by atoms with Gasteiger partial charge in [-0.25, -0.2) is 4.79 Å². The molecule has 4 nitrogen and oxygen atoms in total. The molecule has 2 N–H and O–H groups in total. The SMILES string of the molecule is CC(CCCCCCO)NC(=O)OC(C)(C)C. The molecule has 0 aromatic carbocycles. The van der Waals surface area contributed by atoms with E-state index in [2.05, 4.69) is 5.32 Å². The summed E-state index contributed by atoms with van der Waals surface area (Å²) in [5, 5.41) is 11.4. The minimum atomic E-state index is -0.440. The van der Waals surface area contributed by atoms with E-state index in [0.717, 1.165) is 32.1 Å². The molecule has 4 heteroatoms. The fraction of sp³-hybridized carbons (Fsp3) is 0.923. The Morgan fingerprint density at radius 3 is 2.35 bits per heavy atom. The average Bonchev–Trinajstić information content (AvgIpc) is 2.14. The molecule has 0 aliphatic carbocycles. The van der Waals surface area contributed by atoms with Crippen LogP contribution in [-0.4, -0.2) is 29.4 Å². The Kier molecular flexibility index (Phi) is 7.96. The van der Waals surface area contributed by atoms with Crippen LogP contribution in [0.4, 0.5) is 4.79 Å². The van der Waals surface area contributed by atoms with Gasteiger partial charge in [0.05, 0.1) is 0 Å². The minimum Gasteiger partial charge on any atom is -0.444 e. The van der Waals surface area contributed by atoms with Gasteiger partial charge in [0, 0.05) is 12.6 Å². The van der Waals surface area contributed by atoms with Crippen molar-refractivity contribution < 1.29 is 14.6 Å². The molecule has 0 aromatic rings. The van der Waals surface area contributed by atoms with Gasteiger partial charge in [-0.2, -0.15) is 0 Å². The van der Waals surface area contributed by atoms with Crippen molar-refractivity contribution in [1.82, 2.24) is 5.32 Å². The first kappa shape index (κ1) is 16.2. The molecule has 1 unspecified atom stereocenters. The van der Waals surface area contributed by atoms with Gasteiger partial charge in [0.2, 0.25) is 0 Å². The molecule has 0 spiro atoms. The van der Waals surface area contributed by atoms with E-state index < -0.39 is 5.60 Å². The molecule has 17 heavy (non-hydrogen) atoms. The Balaban J connectivity index is 3.57. The molecule has 1 atom stereocenters. The number of aliphatic hydroxyl groups excluding tert-OH is 1. The zero-order valence-electron chi connectivity index (χ0n) is 11.6. The average molecular weight is 245 g/mol. The van der Waals surface area contributed by atoms with Gasteiger partial charge in [0.15, 0.2) is 0 Å². The van der Waals surface area contributed by atoms with Gasteiger partial charge in [-0.3, -0.25) is 0 Å². The summed E-state index contributed by atoms with van der Waals surface area (Å²) in [6.07, 6.45) is 4.69. The van der Waals surface area contributed by atoms with Crippen LogP contribution in [0.15, 0.2) is 0 Å². The van der Waals surface area contributed by atoms with E-state index >= 15 is 0 Å². The molecule has 1 amide bonds. The van der Waals surface area contributed by atoms with Crippen LogP contribution in [0, 0.1) is 0 Å². The second-order valence-corrected chi connectivity index (χ2v) is 5.47. The van der Waals surface area contributed by atoms with Crippen LogP contribution < -0.4 is 5.32 Å². The van der Waals surface area contributed by atoms with Crippen molar-refractivity contribution in [1.29, 1.82) is 0 Å². The first-order valence-electron chi connectivity index (χ1n) is 6.45. The van der Waals surface area contributed by atoms with Crippen molar-refractivity contribution in [3.63, 3.8) is 0 Å². The predicted octanol–water partition coefficient (Wildman–Crippen LogP) is 2.84. The zero-order chi connectivity index (χ0) is 13.3. The molecule has 0 heterocycles. The van der Waals surface area contributed by atoms with Gasteiger partial charge < -0.3 is 15.2 Å². The second kappa shape index (κ2) is 8.34. The maximum Gasteiger partial charge on any atom is 0.407 e. The van der Waals surface area contributed by atoms with Crippen LogP contribution >= 0.6 is 0 Å². The molecule has 0 rings (SSSR count). The Morgan fingerprint density at radius 1 is 1.24 bits per heavy atom. The van der Waals surface area contributed by atoms with Crippen LogP contribution in [0.5, 0.6) is 0 Å². The second-order valence-electron chi connectivity index (χ2n) is 5.47. The Bertz CT molecular complexity index is 211. The van der Waals surface area contributed by atoms with Gasteiger partial charge >= 0.3 is 6.09 Å². The summed E-state index contributed by atoms with van der Waals surface area (Å²) in [5.41, 5.74) is -0.440. The number of rotatable bonds is 7. The van der Waals surface area contributed by atoms with E-state index in [-0.39, 0.29) is 18.7 Å². The highest BCUT2D eigenvalue weighted by atomic mass is 16.6. The van der Waals surface area contributed by atoms with Crippen LogP contribution in [0.25, 0.3) is 0 Å². The number of nitrogens with one attached hydrogen (secondary N) is 1. The van der Waals surface area contributed by atoms with E-state index in [1.54, 1.807) is 0 Å². The fourth-order valence-electron chi connectivity index (χ4n) is 1.50. The fourth-order valence-corrected chi connectivity index (χ4v) is 1.50. The monoisotopic (exact) mass is 245 g/mol. The first-order chi connectivity index (χ1) is 7.85. The van der Waals surface area contributed by atoms with Crippen LogP contribution in [0.1, 0.15) is 59.8 Å². The summed E-state index contributed by atoms with van der Waals surface area (Å²) in [4.78, 5) is 11.4. The lowest BCUT2D eigenvalue weighted by Crippen LogP contribution is -2.37. The quantitative estimate of drug-likeness (QED) is 0.678. The molecule has 0 bridgehead atoms. The van der Waals surface area contributed by atoms with E-state index in [1.165, 1.54) is 0 Å². The zero-order valence-corrected chi connectivity index (χ0v) is 11.6. The van der Waals surface area contributed by atoms with Crippen molar-refractivity contribution in [2.24, 2.45) is 0 Å². The summed E-state index contributed by atoms with van der Waals surface area (Å²) >= 11 is 0. The molecule has 0 radical (unpaired) electrons. The number of carbonyl (C=O) groups is 1. The molecule has 102 valence electrons. The summed E-state index contributed by atoms with van der Waals surface area (Å²) in [6, 6.07) is 0.138. The third kappa shape index (κ3) is 11.5. The number of alkyl carbamates (subject to hydrolysis) is 1. The van der Waals surface area contributed by atoms with Gasteiger partial charge in [-0.05, 0) is 40.5 Å². The first-order valence-corrected chi connectivity index (χ1v) is 6.45. The van der Waals surface area contributed by atoms with Crippen molar-refractivity contribution in [2.45, 2.75) is 71.4 Å². The Labute approximate surface area is 105 Å². The van der Waals surface area contributed by atoms with Crippen LogP contribution in [0.2, 0.25) is 0 Å². The highest BCUT2D eigenvalue weighted by molar-refractivity contribution is 5.67. The lowest BCUT2D eigenvalue weighted by molar-refractivity contribution is 0.0506. The summed E-state index contributed by atoms with van der Waals surface area (Å²) in [7, 11) is 0. The largest absolute Gasteiger partial charge is 0.444 e. The van der Waals surface area contributed by atoms with Crippen molar-refractivity contribution in [3.8, 4) is 0 Å². The summed E-state index contributed by atoms with van der Waals surface area (Å²) in [6.45, 7) is 7.81. The maximum atomic E-state index is 11.4. The molecule has 0 saturated heterocycles. The summed E-state index contributed by atoms with van der Waals surface area (Å²) < 4.78 is 5.17. The number of unbranched alkanes of at least 4 members (excludes halogenated alkanes) is 3. The smallest absolute Gasteiger partial charge is 0.407 e. The topological polar surface area (TPSA) is 58.6 Å². The molecular weight excluding hydrogens is 218 g/mol. The third-order valence-corrected chi connectivity index (χ3v) is 2.31. The van der Waals surface area contributed by atoms with Gasteiger partial charge in [0.1, 0.15) is 5.60 Å². The van der Waals surface area contributed by atoms with Gasteiger partial charge in [-0.15, -0.1) is 0 Å². The number of hydrogen-bond donors (Lipinski definition) is 2. The molecular formula is C13H27NO3. The van der Waals surface area contributed by atoms with Crippen LogP contribution in [-0.2, 0) is 4.74 Å². The number of carbonyl (C=O) groups excluding carboxylic acids is 1. The van der Waals surface area contributed by atoms with Gasteiger partial charge in [0.25, 0.3) is 0 Å². The molecule has 0 saturated carbocycles. The number of ether oxygens (including phenoxy) is 1. The molecule has 0 aliphatic rings. The van der Waals surface area contributed by atoms with E-state index in [1.807, 2.05) is 27.7 Å². The van der Waals surface area contributed by atoms with Crippen LogP contribution in [0.3, 0.4) is 0 Å². The van der Waals surface area contributed by atoms with Crippen molar-refractivity contribution >= 4 is 6.09 Å². The third-order valence-electron chi connectivity index (χ3n) is 2.31. The van der Waals surface area contributed by atoms with E-state index in [4.69, 9.17) is 9.84 Å². The van der Waals surface area contributed by atoms with Crippen molar-refractivity contribution in [2.75, 3.05) is 6.61 Å². The van der Waals surface area contributed by atoms with E-state index in [0.29, 0.717) is 0 Å². The Hall–Kier alpha value is -0.770. The molecule has 0 aliphatic heterocycles. The molecule has 0 aromatic heterocycles. The predicted molar refractivity (Wildman–Crippen MR) is 69.0 cm³/mol. The summed E-state index contributed by atoms with van der Waals surface area (Å²) in [5.74, 6) is 0.